The van der Waals surface area contributed by atoms with Gasteiger partial charge in [-0.1, -0.05) is 39.1 Å². The lowest BCUT2D eigenvalue weighted by molar-refractivity contribution is 0.0520. The van der Waals surface area contributed by atoms with Crippen molar-refractivity contribution in [1.82, 2.24) is 4.98 Å². The summed E-state index contributed by atoms with van der Waals surface area (Å²) in [7, 11) is 0. The SMILES string of the molecule is CCOC(=O)c1cc2c(Br)cc(Cl)c(Cl)c2[nH]1. The summed E-state index contributed by atoms with van der Waals surface area (Å²) in [5.74, 6) is -0.414. The molecular weight excluding hydrogens is 329 g/mol. The van der Waals surface area contributed by atoms with E-state index in [0.29, 0.717) is 27.9 Å². The van der Waals surface area contributed by atoms with Crippen LogP contribution in [0.1, 0.15) is 17.4 Å². The highest BCUT2D eigenvalue weighted by Gasteiger charge is 2.15. The zero-order valence-electron chi connectivity index (χ0n) is 8.81. The summed E-state index contributed by atoms with van der Waals surface area (Å²) in [5.41, 5.74) is 0.973. The van der Waals surface area contributed by atoms with E-state index in [1.807, 2.05) is 0 Å². The first kappa shape index (κ1) is 12.7. The highest BCUT2D eigenvalue weighted by molar-refractivity contribution is 9.10. The van der Waals surface area contributed by atoms with Gasteiger partial charge in [-0.15, -0.1) is 0 Å². The number of H-pyrrole nitrogens is 1. The maximum Gasteiger partial charge on any atom is 0.354 e. The fourth-order valence-electron chi connectivity index (χ4n) is 1.51. The molecule has 0 atom stereocenters. The molecular formula is C11H8BrCl2NO2. The molecule has 17 heavy (non-hydrogen) atoms. The Hall–Kier alpha value is -0.710. The van der Waals surface area contributed by atoms with Crippen LogP contribution in [0.15, 0.2) is 16.6 Å². The minimum Gasteiger partial charge on any atom is -0.461 e. The second-order valence-electron chi connectivity index (χ2n) is 3.35. The molecule has 0 saturated heterocycles. The van der Waals surface area contributed by atoms with Crippen molar-refractivity contribution in [2.24, 2.45) is 0 Å². The number of ether oxygens (including phenoxy) is 1. The topological polar surface area (TPSA) is 42.1 Å². The van der Waals surface area contributed by atoms with Crippen molar-refractivity contribution in [2.75, 3.05) is 6.61 Å². The van der Waals surface area contributed by atoms with Crippen LogP contribution in [0.4, 0.5) is 0 Å². The first-order valence-electron chi connectivity index (χ1n) is 4.88. The third-order valence-electron chi connectivity index (χ3n) is 2.25. The van der Waals surface area contributed by atoms with Crippen molar-refractivity contribution < 1.29 is 9.53 Å². The van der Waals surface area contributed by atoms with Gasteiger partial charge in [0.1, 0.15) is 5.69 Å². The van der Waals surface area contributed by atoms with Gasteiger partial charge in [0, 0.05) is 9.86 Å². The highest BCUT2D eigenvalue weighted by atomic mass is 79.9. The lowest BCUT2D eigenvalue weighted by atomic mass is 10.2. The Morgan fingerprint density at radius 2 is 2.18 bits per heavy atom. The van der Waals surface area contributed by atoms with Crippen molar-refractivity contribution in [3.8, 4) is 0 Å². The molecule has 0 saturated carbocycles. The maximum absolute atomic E-state index is 11.6. The molecule has 1 heterocycles. The fourth-order valence-corrected chi connectivity index (χ4v) is 2.59. The average molecular weight is 337 g/mol. The first-order chi connectivity index (χ1) is 8.04. The third kappa shape index (κ3) is 2.30. The van der Waals surface area contributed by atoms with Crippen molar-refractivity contribution in [3.63, 3.8) is 0 Å². The normalized spacial score (nSPS) is 10.8. The van der Waals surface area contributed by atoms with E-state index in [1.165, 1.54) is 0 Å². The Kier molecular flexibility index (Phi) is 3.66. The highest BCUT2D eigenvalue weighted by Crippen LogP contribution is 2.36. The van der Waals surface area contributed by atoms with Crippen LogP contribution < -0.4 is 0 Å². The summed E-state index contributed by atoms with van der Waals surface area (Å²) in [6, 6.07) is 3.37. The Morgan fingerprint density at radius 1 is 1.47 bits per heavy atom. The van der Waals surface area contributed by atoms with Gasteiger partial charge in [-0.3, -0.25) is 0 Å². The molecule has 0 aliphatic carbocycles. The molecule has 2 rings (SSSR count). The smallest absolute Gasteiger partial charge is 0.354 e. The van der Waals surface area contributed by atoms with E-state index in [2.05, 4.69) is 20.9 Å². The number of aromatic nitrogens is 1. The molecule has 0 amide bonds. The average Bonchev–Trinajstić information content (AvgIpc) is 2.72. The zero-order valence-corrected chi connectivity index (χ0v) is 11.9. The predicted octanol–water partition coefficient (Wildman–Crippen LogP) is 4.41. The van der Waals surface area contributed by atoms with Crippen molar-refractivity contribution in [2.45, 2.75) is 6.92 Å². The number of hydrogen-bond donors (Lipinski definition) is 1. The van der Waals surface area contributed by atoms with E-state index in [-0.39, 0.29) is 0 Å². The number of nitrogens with one attached hydrogen (secondary N) is 1. The van der Waals surface area contributed by atoms with E-state index >= 15 is 0 Å². The van der Waals surface area contributed by atoms with E-state index in [0.717, 1.165) is 9.86 Å². The Labute approximate surface area is 116 Å². The van der Waals surface area contributed by atoms with Gasteiger partial charge in [-0.2, -0.15) is 0 Å². The Balaban J connectivity index is 2.61. The lowest BCUT2D eigenvalue weighted by Gasteiger charge is -1.99. The van der Waals surface area contributed by atoms with Gasteiger partial charge in [0.15, 0.2) is 0 Å². The molecule has 0 bridgehead atoms. The molecule has 90 valence electrons. The van der Waals surface area contributed by atoms with Crippen LogP contribution in [-0.4, -0.2) is 17.6 Å². The van der Waals surface area contributed by atoms with Gasteiger partial charge >= 0.3 is 5.97 Å². The summed E-state index contributed by atoms with van der Waals surface area (Å²) in [6.45, 7) is 2.07. The molecule has 6 heteroatoms. The van der Waals surface area contributed by atoms with Crippen molar-refractivity contribution in [3.05, 3.63) is 32.3 Å². The van der Waals surface area contributed by atoms with E-state index in [1.54, 1.807) is 19.1 Å². The van der Waals surface area contributed by atoms with Gasteiger partial charge < -0.3 is 9.72 Å². The van der Waals surface area contributed by atoms with Crippen LogP contribution in [-0.2, 0) is 4.74 Å². The summed E-state index contributed by atoms with van der Waals surface area (Å²) in [5, 5.41) is 1.60. The van der Waals surface area contributed by atoms with E-state index < -0.39 is 5.97 Å². The Bertz CT molecular complexity index is 595. The molecule has 0 spiro atoms. The van der Waals surface area contributed by atoms with Gasteiger partial charge in [0.05, 0.1) is 22.2 Å². The number of hydrogen-bond acceptors (Lipinski definition) is 2. The Morgan fingerprint density at radius 3 is 2.82 bits per heavy atom. The number of fused-ring (bicyclic) bond motifs is 1. The van der Waals surface area contributed by atoms with Gasteiger partial charge in [-0.25, -0.2) is 4.79 Å². The summed E-state index contributed by atoms with van der Waals surface area (Å²) >= 11 is 15.4. The van der Waals surface area contributed by atoms with Gasteiger partial charge in [0.2, 0.25) is 0 Å². The zero-order chi connectivity index (χ0) is 12.6. The summed E-state index contributed by atoms with van der Waals surface area (Å²) < 4.78 is 5.68. The molecule has 0 aliphatic heterocycles. The number of aromatic amines is 1. The van der Waals surface area contributed by atoms with Crippen LogP contribution in [0.25, 0.3) is 10.9 Å². The molecule has 0 unspecified atom stereocenters. The number of carbonyl (C=O) groups excluding carboxylic acids is 1. The van der Waals surface area contributed by atoms with Crippen LogP contribution >= 0.6 is 39.1 Å². The molecule has 1 aromatic carbocycles. The first-order valence-corrected chi connectivity index (χ1v) is 6.42. The lowest BCUT2D eigenvalue weighted by Crippen LogP contribution is -2.04. The number of halogens is 3. The number of esters is 1. The monoisotopic (exact) mass is 335 g/mol. The standard InChI is InChI=1S/C11H8BrCl2NO2/c1-2-17-11(16)8-3-5-6(12)4-7(13)9(14)10(5)15-8/h3-4,15H,2H2,1H3. The maximum atomic E-state index is 11.6. The molecule has 0 radical (unpaired) electrons. The van der Waals surface area contributed by atoms with Crippen LogP contribution in [0.2, 0.25) is 10.0 Å². The van der Waals surface area contributed by atoms with E-state index in [9.17, 15) is 4.79 Å². The molecule has 3 nitrogen and oxygen atoms in total. The van der Waals surface area contributed by atoms with Crippen LogP contribution in [0, 0.1) is 0 Å². The summed E-state index contributed by atoms with van der Waals surface area (Å²) in [4.78, 5) is 14.5. The minimum atomic E-state index is -0.414. The molecule has 1 N–H and O–H groups in total. The van der Waals surface area contributed by atoms with Gasteiger partial charge in [-0.05, 0) is 19.1 Å². The van der Waals surface area contributed by atoms with Crippen LogP contribution in [0.5, 0.6) is 0 Å². The number of rotatable bonds is 2. The number of benzene rings is 1. The van der Waals surface area contributed by atoms with Crippen molar-refractivity contribution >= 4 is 56.0 Å². The second kappa shape index (κ2) is 4.88. The quantitative estimate of drug-likeness (QED) is 0.651. The van der Waals surface area contributed by atoms with Crippen LogP contribution in [0.3, 0.4) is 0 Å². The number of carbonyl (C=O) groups is 1. The fraction of sp³-hybridized carbons (Fsp3) is 0.182. The summed E-state index contributed by atoms with van der Waals surface area (Å²) in [6.07, 6.45) is 0. The molecule has 0 aliphatic rings. The third-order valence-corrected chi connectivity index (χ3v) is 3.70. The van der Waals surface area contributed by atoms with E-state index in [4.69, 9.17) is 27.9 Å². The van der Waals surface area contributed by atoms with Gasteiger partial charge in [0.25, 0.3) is 0 Å². The second-order valence-corrected chi connectivity index (χ2v) is 4.99. The van der Waals surface area contributed by atoms with Crippen molar-refractivity contribution in [1.29, 1.82) is 0 Å². The minimum absolute atomic E-state index is 0.323. The molecule has 1 aromatic heterocycles. The predicted molar refractivity (Wildman–Crippen MR) is 72.0 cm³/mol. The molecule has 0 fully saturated rings. The largest absolute Gasteiger partial charge is 0.461 e. The molecule has 2 aromatic rings.